The molecule has 0 heterocycles. The summed E-state index contributed by atoms with van der Waals surface area (Å²) in [6.45, 7) is 1.53. The van der Waals surface area contributed by atoms with E-state index in [2.05, 4.69) is 11.8 Å². The zero-order valence-corrected chi connectivity index (χ0v) is 10.2. The Morgan fingerprint density at radius 1 is 1.41 bits per heavy atom. The molecule has 4 heteroatoms. The van der Waals surface area contributed by atoms with Crippen molar-refractivity contribution < 1.29 is 9.13 Å². The molecule has 1 rings (SSSR count). The van der Waals surface area contributed by atoms with Gasteiger partial charge in [0, 0.05) is 12.6 Å². The molecule has 0 aliphatic rings. The first-order chi connectivity index (χ1) is 8.13. The molecule has 0 unspecified atom stereocenters. The molecular formula is C13H17FN2O. The lowest BCUT2D eigenvalue weighted by molar-refractivity contribution is 0.260. The van der Waals surface area contributed by atoms with Crippen LogP contribution in [-0.2, 0) is 0 Å². The third-order valence-electron chi connectivity index (χ3n) is 2.06. The summed E-state index contributed by atoms with van der Waals surface area (Å²) in [6.07, 6.45) is 0. The Labute approximate surface area is 101 Å². The predicted octanol–water partition coefficient (Wildman–Crippen LogP) is 1.08. The van der Waals surface area contributed by atoms with E-state index in [1.165, 1.54) is 12.1 Å². The molecule has 0 fully saturated rings. The zero-order chi connectivity index (χ0) is 12.7. The van der Waals surface area contributed by atoms with Crippen molar-refractivity contribution in [3.8, 4) is 17.6 Å². The summed E-state index contributed by atoms with van der Waals surface area (Å²) in [5.74, 6) is 5.72. The summed E-state index contributed by atoms with van der Waals surface area (Å²) in [5.41, 5.74) is 5.96. The summed E-state index contributed by atoms with van der Waals surface area (Å²) < 4.78 is 18.6. The van der Waals surface area contributed by atoms with Gasteiger partial charge in [-0.3, -0.25) is 0 Å². The van der Waals surface area contributed by atoms with Crippen LogP contribution in [0.1, 0.15) is 5.56 Å². The molecule has 0 radical (unpaired) electrons. The molecule has 0 aliphatic heterocycles. The molecular weight excluding hydrogens is 219 g/mol. The van der Waals surface area contributed by atoms with E-state index in [1.807, 2.05) is 19.0 Å². The molecule has 0 bridgehead atoms. The molecule has 2 N–H and O–H groups in total. The fourth-order valence-electron chi connectivity index (χ4n) is 1.20. The van der Waals surface area contributed by atoms with Crippen LogP contribution in [0.4, 0.5) is 4.39 Å². The number of halogens is 1. The molecule has 3 nitrogen and oxygen atoms in total. The topological polar surface area (TPSA) is 38.5 Å². The minimum atomic E-state index is -0.330. The highest BCUT2D eigenvalue weighted by molar-refractivity contribution is 5.46. The Hall–Kier alpha value is -1.57. The van der Waals surface area contributed by atoms with E-state index in [0.29, 0.717) is 17.9 Å². The highest BCUT2D eigenvalue weighted by Crippen LogP contribution is 2.18. The third-order valence-corrected chi connectivity index (χ3v) is 2.06. The second-order valence-electron chi connectivity index (χ2n) is 3.80. The number of benzene rings is 1. The van der Waals surface area contributed by atoms with Crippen molar-refractivity contribution in [2.45, 2.75) is 0 Å². The molecule has 0 spiro atoms. The molecule has 1 aromatic carbocycles. The fraction of sp³-hybridized carbons (Fsp3) is 0.385. The molecule has 0 saturated carbocycles. The molecule has 0 atom stereocenters. The monoisotopic (exact) mass is 236 g/mol. The van der Waals surface area contributed by atoms with Gasteiger partial charge in [-0.25, -0.2) is 4.39 Å². The lowest BCUT2D eigenvalue weighted by atomic mass is 10.2. The Balaban J connectivity index is 2.76. The Kier molecular flexibility index (Phi) is 5.47. The zero-order valence-electron chi connectivity index (χ0n) is 10.2. The van der Waals surface area contributed by atoms with E-state index in [1.54, 1.807) is 6.07 Å². The van der Waals surface area contributed by atoms with Gasteiger partial charge in [0.1, 0.15) is 18.2 Å². The average Bonchev–Trinajstić information content (AvgIpc) is 2.27. The van der Waals surface area contributed by atoms with Gasteiger partial charge in [0.05, 0.1) is 12.1 Å². The van der Waals surface area contributed by atoms with Gasteiger partial charge in [-0.1, -0.05) is 11.8 Å². The van der Waals surface area contributed by atoms with Crippen LogP contribution < -0.4 is 10.5 Å². The van der Waals surface area contributed by atoms with Crippen LogP contribution in [-0.4, -0.2) is 38.7 Å². The van der Waals surface area contributed by atoms with Gasteiger partial charge in [0.25, 0.3) is 0 Å². The Morgan fingerprint density at radius 3 is 2.82 bits per heavy atom. The smallest absolute Gasteiger partial charge is 0.137 e. The number of nitrogens with zero attached hydrogens (tertiary/aromatic N) is 1. The second-order valence-corrected chi connectivity index (χ2v) is 3.80. The third kappa shape index (κ3) is 4.85. The van der Waals surface area contributed by atoms with Crippen molar-refractivity contribution in [3.63, 3.8) is 0 Å². The van der Waals surface area contributed by atoms with Crippen LogP contribution in [0, 0.1) is 17.7 Å². The summed E-state index contributed by atoms with van der Waals surface area (Å²) in [4.78, 5) is 1.99. The lowest BCUT2D eigenvalue weighted by Gasteiger charge is -2.12. The van der Waals surface area contributed by atoms with Crippen molar-refractivity contribution in [3.05, 3.63) is 29.6 Å². The van der Waals surface area contributed by atoms with Crippen LogP contribution >= 0.6 is 0 Å². The van der Waals surface area contributed by atoms with E-state index in [-0.39, 0.29) is 12.4 Å². The second kappa shape index (κ2) is 6.89. The van der Waals surface area contributed by atoms with Gasteiger partial charge in [0.2, 0.25) is 0 Å². The first-order valence-corrected chi connectivity index (χ1v) is 5.39. The van der Waals surface area contributed by atoms with Gasteiger partial charge < -0.3 is 15.4 Å². The van der Waals surface area contributed by atoms with E-state index in [0.717, 1.165) is 6.54 Å². The molecule has 17 heavy (non-hydrogen) atoms. The van der Waals surface area contributed by atoms with Crippen molar-refractivity contribution in [2.75, 3.05) is 33.8 Å². The largest absolute Gasteiger partial charge is 0.491 e. The quantitative estimate of drug-likeness (QED) is 0.795. The van der Waals surface area contributed by atoms with Gasteiger partial charge in [-0.15, -0.1) is 0 Å². The number of ether oxygens (including phenoxy) is 1. The highest BCUT2D eigenvalue weighted by Gasteiger charge is 2.03. The van der Waals surface area contributed by atoms with E-state index in [4.69, 9.17) is 10.5 Å². The fourth-order valence-corrected chi connectivity index (χ4v) is 1.20. The van der Waals surface area contributed by atoms with Crippen molar-refractivity contribution in [1.29, 1.82) is 0 Å². The first kappa shape index (κ1) is 13.5. The van der Waals surface area contributed by atoms with E-state index < -0.39 is 0 Å². The first-order valence-electron chi connectivity index (χ1n) is 5.39. The minimum absolute atomic E-state index is 0.272. The normalized spacial score (nSPS) is 9.94. The molecule has 0 aromatic heterocycles. The van der Waals surface area contributed by atoms with Gasteiger partial charge in [0.15, 0.2) is 0 Å². The number of likely N-dealkylation sites (N-methyl/N-ethyl adjacent to an activating group) is 1. The van der Waals surface area contributed by atoms with Crippen LogP contribution in [0.3, 0.4) is 0 Å². The maximum Gasteiger partial charge on any atom is 0.137 e. The lowest BCUT2D eigenvalue weighted by Crippen LogP contribution is -2.19. The highest BCUT2D eigenvalue weighted by atomic mass is 19.1. The standard InChI is InChI=1S/C13H17FN2O/c1-16(2)8-9-17-13-10-12(14)6-5-11(13)4-3-7-15/h5-6,10H,7-9,15H2,1-2H3. The Morgan fingerprint density at radius 2 is 2.18 bits per heavy atom. The number of hydrogen-bond donors (Lipinski definition) is 1. The van der Waals surface area contributed by atoms with E-state index in [9.17, 15) is 4.39 Å². The minimum Gasteiger partial charge on any atom is -0.491 e. The van der Waals surface area contributed by atoms with Gasteiger partial charge >= 0.3 is 0 Å². The summed E-state index contributed by atoms with van der Waals surface area (Å²) >= 11 is 0. The maximum absolute atomic E-state index is 13.1. The predicted molar refractivity (Wildman–Crippen MR) is 66.4 cm³/mol. The number of rotatable bonds is 4. The summed E-state index contributed by atoms with van der Waals surface area (Å²) in [7, 11) is 3.90. The van der Waals surface area contributed by atoms with Crippen LogP contribution in [0.15, 0.2) is 18.2 Å². The van der Waals surface area contributed by atoms with Gasteiger partial charge in [-0.2, -0.15) is 0 Å². The van der Waals surface area contributed by atoms with Gasteiger partial charge in [-0.05, 0) is 26.2 Å². The Bertz CT molecular complexity index is 421. The molecule has 0 aliphatic carbocycles. The molecule has 0 saturated heterocycles. The SMILES string of the molecule is CN(C)CCOc1cc(F)ccc1C#CCN. The van der Waals surface area contributed by atoms with Crippen LogP contribution in [0.2, 0.25) is 0 Å². The molecule has 92 valence electrons. The molecule has 1 aromatic rings. The number of nitrogens with two attached hydrogens (primary N) is 1. The summed E-state index contributed by atoms with van der Waals surface area (Å²) in [5, 5.41) is 0. The number of hydrogen-bond acceptors (Lipinski definition) is 3. The van der Waals surface area contributed by atoms with E-state index >= 15 is 0 Å². The van der Waals surface area contributed by atoms with Crippen molar-refractivity contribution in [1.82, 2.24) is 4.90 Å². The maximum atomic E-state index is 13.1. The van der Waals surface area contributed by atoms with Crippen LogP contribution in [0.25, 0.3) is 0 Å². The van der Waals surface area contributed by atoms with Crippen LogP contribution in [0.5, 0.6) is 5.75 Å². The average molecular weight is 236 g/mol. The molecule has 0 amide bonds. The van der Waals surface area contributed by atoms with Crippen molar-refractivity contribution in [2.24, 2.45) is 5.73 Å². The summed E-state index contributed by atoms with van der Waals surface area (Å²) in [6, 6.07) is 4.30. The van der Waals surface area contributed by atoms with Crippen molar-refractivity contribution >= 4 is 0 Å².